The molecule has 2 aromatic rings. The van der Waals surface area contributed by atoms with Crippen LogP contribution in [0.2, 0.25) is 0 Å². The highest BCUT2D eigenvalue weighted by Gasteiger charge is 2.52. The SMILES string of the molecule is CC(=O)OC[C@H]1O[C@H](OC(=O)Cc2ccccc2)[C@H](NC(=O)c2ccc(OC(C)=O)cc2)[C@@H](OC(C)=O)[C@@H]1OC(C)=O. The second-order valence-corrected chi connectivity index (χ2v) is 9.26. The third-order valence-electron chi connectivity index (χ3n) is 5.82. The van der Waals surface area contributed by atoms with Crippen molar-refractivity contribution in [2.75, 3.05) is 6.61 Å². The van der Waals surface area contributed by atoms with Gasteiger partial charge in [-0.3, -0.25) is 28.8 Å². The topological polar surface area (TPSA) is 170 Å². The molecule has 0 aliphatic carbocycles. The summed E-state index contributed by atoms with van der Waals surface area (Å²) in [6.45, 7) is 4.14. The molecule has 0 unspecified atom stereocenters. The van der Waals surface area contributed by atoms with Gasteiger partial charge in [-0.25, -0.2) is 0 Å². The Kier molecular flexibility index (Phi) is 11.1. The van der Waals surface area contributed by atoms with Crippen LogP contribution in [0, 0.1) is 0 Å². The van der Waals surface area contributed by atoms with E-state index in [1.807, 2.05) is 0 Å². The molecular weight excluding hydrogens is 554 g/mol. The van der Waals surface area contributed by atoms with E-state index in [-0.39, 0.29) is 17.7 Å². The Bertz CT molecular complexity index is 1290. The van der Waals surface area contributed by atoms with Crippen molar-refractivity contribution in [1.29, 1.82) is 0 Å². The molecule has 0 aromatic heterocycles. The third kappa shape index (κ3) is 9.41. The fourth-order valence-corrected chi connectivity index (χ4v) is 4.17. The minimum atomic E-state index is -1.57. The van der Waals surface area contributed by atoms with E-state index < -0.39 is 73.0 Å². The molecule has 1 heterocycles. The van der Waals surface area contributed by atoms with Gasteiger partial charge >= 0.3 is 29.8 Å². The number of benzene rings is 2. The summed E-state index contributed by atoms with van der Waals surface area (Å²) in [7, 11) is 0. The largest absolute Gasteiger partial charge is 0.463 e. The molecular formula is C29H31NO12. The molecule has 1 saturated heterocycles. The minimum Gasteiger partial charge on any atom is -0.463 e. The predicted octanol–water partition coefficient (Wildman–Crippen LogP) is 1.65. The number of nitrogens with one attached hydrogen (secondary N) is 1. The van der Waals surface area contributed by atoms with E-state index in [9.17, 15) is 28.8 Å². The molecule has 0 bridgehead atoms. The molecule has 0 spiro atoms. The molecule has 1 aliphatic heterocycles. The predicted molar refractivity (Wildman–Crippen MR) is 142 cm³/mol. The van der Waals surface area contributed by atoms with E-state index in [2.05, 4.69) is 5.32 Å². The van der Waals surface area contributed by atoms with Gasteiger partial charge in [-0.1, -0.05) is 30.3 Å². The van der Waals surface area contributed by atoms with Crippen LogP contribution in [0.4, 0.5) is 0 Å². The summed E-state index contributed by atoms with van der Waals surface area (Å²) < 4.78 is 32.4. The average molecular weight is 586 g/mol. The molecule has 1 fully saturated rings. The Balaban J connectivity index is 1.96. The molecule has 13 heteroatoms. The number of esters is 5. The van der Waals surface area contributed by atoms with Crippen molar-refractivity contribution < 1.29 is 57.2 Å². The fourth-order valence-electron chi connectivity index (χ4n) is 4.17. The van der Waals surface area contributed by atoms with Crippen LogP contribution in [-0.4, -0.2) is 73.0 Å². The molecule has 1 N–H and O–H groups in total. The lowest BCUT2D eigenvalue weighted by molar-refractivity contribution is -0.270. The van der Waals surface area contributed by atoms with Crippen LogP contribution in [0.3, 0.4) is 0 Å². The maximum atomic E-state index is 13.3. The van der Waals surface area contributed by atoms with Crippen LogP contribution < -0.4 is 10.1 Å². The van der Waals surface area contributed by atoms with E-state index in [0.29, 0.717) is 5.56 Å². The standard InChI is InChI=1S/C29H31NO12/c1-16(31)37-15-23-26(39-18(3)33)27(40-19(4)34)25(29(41-23)42-24(35)14-20-8-6-5-7-9-20)30-28(36)21-10-12-22(13-11-21)38-17(2)32/h5-13,23,25-27,29H,14-15H2,1-4H3,(H,30,36)/t23-,25-,26-,27-,29-/m1/s1. The van der Waals surface area contributed by atoms with Crippen molar-refractivity contribution in [3.05, 3.63) is 65.7 Å². The minimum absolute atomic E-state index is 0.105. The van der Waals surface area contributed by atoms with Gasteiger partial charge in [0, 0.05) is 33.3 Å². The normalized spacial score (nSPS) is 21.3. The Labute approximate surface area is 241 Å². The third-order valence-corrected chi connectivity index (χ3v) is 5.82. The Morgan fingerprint density at radius 3 is 1.93 bits per heavy atom. The number of rotatable bonds is 10. The monoisotopic (exact) mass is 585 g/mol. The number of amides is 1. The summed E-state index contributed by atoms with van der Waals surface area (Å²) in [6.07, 6.45) is -5.76. The smallest absolute Gasteiger partial charge is 0.312 e. The summed E-state index contributed by atoms with van der Waals surface area (Å²) in [5, 5.41) is 2.63. The zero-order chi connectivity index (χ0) is 30.8. The quantitative estimate of drug-likeness (QED) is 0.243. The van der Waals surface area contributed by atoms with Gasteiger partial charge in [0.25, 0.3) is 5.91 Å². The maximum Gasteiger partial charge on any atom is 0.312 e. The molecule has 224 valence electrons. The number of hydrogen-bond donors (Lipinski definition) is 1. The lowest BCUT2D eigenvalue weighted by atomic mass is 9.95. The first-order valence-corrected chi connectivity index (χ1v) is 12.9. The van der Waals surface area contributed by atoms with Gasteiger partial charge in [0.2, 0.25) is 6.29 Å². The number of hydrogen-bond acceptors (Lipinski definition) is 12. The van der Waals surface area contributed by atoms with Crippen LogP contribution in [0.15, 0.2) is 54.6 Å². The van der Waals surface area contributed by atoms with Crippen molar-refractivity contribution in [3.8, 4) is 5.75 Å². The molecule has 42 heavy (non-hydrogen) atoms. The van der Waals surface area contributed by atoms with Gasteiger partial charge < -0.3 is 33.7 Å². The lowest BCUT2D eigenvalue weighted by Crippen LogP contribution is -2.67. The lowest BCUT2D eigenvalue weighted by Gasteiger charge is -2.44. The van der Waals surface area contributed by atoms with Crippen molar-refractivity contribution in [2.24, 2.45) is 0 Å². The van der Waals surface area contributed by atoms with E-state index in [1.54, 1.807) is 30.3 Å². The Morgan fingerprint density at radius 2 is 1.36 bits per heavy atom. The van der Waals surface area contributed by atoms with Gasteiger partial charge in [0.05, 0.1) is 6.42 Å². The number of ether oxygens (including phenoxy) is 6. The molecule has 2 aromatic carbocycles. The number of carbonyl (C=O) groups excluding carboxylic acids is 6. The highest BCUT2D eigenvalue weighted by Crippen LogP contribution is 2.29. The van der Waals surface area contributed by atoms with Crippen LogP contribution in [-0.2, 0) is 54.1 Å². The van der Waals surface area contributed by atoms with E-state index in [0.717, 1.165) is 20.8 Å². The van der Waals surface area contributed by atoms with E-state index in [1.165, 1.54) is 31.2 Å². The average Bonchev–Trinajstić information content (AvgIpc) is 2.91. The maximum absolute atomic E-state index is 13.3. The van der Waals surface area contributed by atoms with Gasteiger partial charge in [-0.15, -0.1) is 0 Å². The molecule has 1 amide bonds. The van der Waals surface area contributed by atoms with Crippen molar-refractivity contribution in [1.82, 2.24) is 5.32 Å². The Hall–Kier alpha value is -4.78. The van der Waals surface area contributed by atoms with Gasteiger partial charge in [0.1, 0.15) is 24.5 Å². The zero-order valence-corrected chi connectivity index (χ0v) is 23.4. The fraction of sp³-hybridized carbons (Fsp3) is 0.379. The molecule has 0 radical (unpaired) electrons. The van der Waals surface area contributed by atoms with E-state index >= 15 is 0 Å². The van der Waals surface area contributed by atoms with Gasteiger partial charge in [0.15, 0.2) is 12.2 Å². The number of carbonyl (C=O) groups is 6. The van der Waals surface area contributed by atoms with Crippen molar-refractivity contribution >= 4 is 35.8 Å². The summed E-state index contributed by atoms with van der Waals surface area (Å²) in [4.78, 5) is 73.2. The van der Waals surface area contributed by atoms with Crippen LogP contribution in [0.1, 0.15) is 43.6 Å². The van der Waals surface area contributed by atoms with Crippen LogP contribution in [0.25, 0.3) is 0 Å². The van der Waals surface area contributed by atoms with Crippen LogP contribution in [0.5, 0.6) is 5.75 Å². The van der Waals surface area contributed by atoms with Gasteiger partial charge in [-0.2, -0.15) is 0 Å². The molecule has 13 nitrogen and oxygen atoms in total. The van der Waals surface area contributed by atoms with Crippen LogP contribution >= 0.6 is 0 Å². The second kappa shape index (κ2) is 14.7. The summed E-state index contributed by atoms with van der Waals surface area (Å²) in [6, 6.07) is 12.8. The first kappa shape index (κ1) is 31.7. The summed E-state index contributed by atoms with van der Waals surface area (Å²) >= 11 is 0. The molecule has 1 aliphatic rings. The van der Waals surface area contributed by atoms with E-state index in [4.69, 9.17) is 28.4 Å². The Morgan fingerprint density at radius 1 is 0.738 bits per heavy atom. The zero-order valence-electron chi connectivity index (χ0n) is 23.4. The molecule has 3 rings (SSSR count). The molecule has 0 saturated carbocycles. The first-order chi connectivity index (χ1) is 19.9. The summed E-state index contributed by atoms with van der Waals surface area (Å²) in [5.41, 5.74) is 0.741. The highest BCUT2D eigenvalue weighted by atomic mass is 16.7. The molecule has 5 atom stereocenters. The highest BCUT2D eigenvalue weighted by molar-refractivity contribution is 5.94. The van der Waals surface area contributed by atoms with Gasteiger partial charge in [-0.05, 0) is 29.8 Å². The van der Waals surface area contributed by atoms with Crippen molar-refractivity contribution in [3.63, 3.8) is 0 Å². The van der Waals surface area contributed by atoms with Crippen molar-refractivity contribution in [2.45, 2.75) is 64.8 Å². The summed E-state index contributed by atoms with van der Waals surface area (Å²) in [5.74, 6) is -4.04. The first-order valence-electron chi connectivity index (χ1n) is 12.9. The second-order valence-electron chi connectivity index (χ2n) is 9.26.